The second kappa shape index (κ2) is 10.2. The van der Waals surface area contributed by atoms with Crippen molar-refractivity contribution in [2.24, 2.45) is 11.5 Å². The van der Waals surface area contributed by atoms with Crippen molar-refractivity contribution in [3.05, 3.63) is 10.1 Å². The number of amidine groups is 1. The van der Waals surface area contributed by atoms with Gasteiger partial charge in [0.2, 0.25) is 11.0 Å². The van der Waals surface area contributed by atoms with E-state index in [1.165, 1.54) is 11.8 Å². The number of nitrogens with zero attached hydrogens (tertiary/aromatic N) is 6. The van der Waals surface area contributed by atoms with E-state index >= 15 is 0 Å². The SMILES string of the molecule is CSc1nc2nnc([N+](=O)[O-])c([O-])n2n1.NC(=[NH2+])CCCC[C@H](N)C(=O)O. The number of unbranched alkanes of at least 4 members (excludes halogenated alkanes) is 1. The van der Waals surface area contributed by atoms with E-state index in [0.29, 0.717) is 23.8 Å². The number of rotatable bonds is 8. The van der Waals surface area contributed by atoms with Gasteiger partial charge in [0.25, 0.3) is 5.78 Å². The van der Waals surface area contributed by atoms with E-state index < -0.39 is 28.6 Å². The predicted octanol–water partition coefficient (Wildman–Crippen LogP) is -2.70. The highest BCUT2D eigenvalue weighted by atomic mass is 32.2. The number of nitro groups is 1. The molecule has 0 aliphatic rings. The molecule has 0 saturated carbocycles. The second-order valence-electron chi connectivity index (χ2n) is 5.16. The van der Waals surface area contributed by atoms with Gasteiger partial charge in [0.05, 0.1) is 11.0 Å². The molecule has 1 atom stereocenters. The number of carboxylic acid groups (broad SMARTS) is 1. The highest BCUT2D eigenvalue weighted by molar-refractivity contribution is 7.98. The summed E-state index contributed by atoms with van der Waals surface area (Å²) in [6.07, 6.45) is 4.35. The van der Waals surface area contributed by atoms with E-state index in [2.05, 4.69) is 20.3 Å². The third-order valence-corrected chi connectivity index (χ3v) is 3.63. The average molecular weight is 401 g/mol. The Morgan fingerprint density at radius 2 is 2.11 bits per heavy atom. The van der Waals surface area contributed by atoms with Gasteiger partial charge in [0.1, 0.15) is 6.04 Å². The summed E-state index contributed by atoms with van der Waals surface area (Å²) in [5.41, 5.74) is 10.5. The van der Waals surface area contributed by atoms with Gasteiger partial charge >= 0.3 is 11.8 Å². The first-order valence-electron chi connectivity index (χ1n) is 7.51. The summed E-state index contributed by atoms with van der Waals surface area (Å²) in [4.78, 5) is 23.5. The van der Waals surface area contributed by atoms with Crippen molar-refractivity contribution in [2.45, 2.75) is 36.9 Å². The Morgan fingerprint density at radius 1 is 1.44 bits per heavy atom. The van der Waals surface area contributed by atoms with Crippen molar-refractivity contribution in [2.75, 3.05) is 6.26 Å². The molecule has 2 aromatic heterocycles. The molecule has 0 aliphatic carbocycles. The molecule has 0 aromatic carbocycles. The van der Waals surface area contributed by atoms with E-state index in [-0.39, 0.29) is 5.78 Å². The zero-order valence-corrected chi connectivity index (χ0v) is 15.1. The summed E-state index contributed by atoms with van der Waals surface area (Å²) in [5, 5.41) is 46.0. The topological polar surface area (TPSA) is 237 Å². The van der Waals surface area contributed by atoms with Gasteiger partial charge in [-0.25, -0.2) is 0 Å². The van der Waals surface area contributed by atoms with Crippen molar-refractivity contribution >= 4 is 35.2 Å². The number of aromatic nitrogens is 5. The highest BCUT2D eigenvalue weighted by Gasteiger charge is 2.16. The normalized spacial score (nSPS) is 11.5. The van der Waals surface area contributed by atoms with E-state index in [9.17, 15) is 20.0 Å². The summed E-state index contributed by atoms with van der Waals surface area (Å²) in [5.74, 6) is -2.41. The molecule has 0 spiro atoms. The smallest absolute Gasteiger partial charge is 0.401 e. The lowest BCUT2D eigenvalue weighted by Gasteiger charge is -2.04. The lowest BCUT2D eigenvalue weighted by Crippen LogP contribution is -2.45. The van der Waals surface area contributed by atoms with Crippen LogP contribution in [0.5, 0.6) is 5.88 Å². The van der Waals surface area contributed by atoms with Crippen LogP contribution in [-0.4, -0.2) is 58.9 Å². The molecule has 148 valence electrons. The maximum absolute atomic E-state index is 11.4. The maximum atomic E-state index is 11.4. The van der Waals surface area contributed by atoms with Gasteiger partial charge in [-0.1, -0.05) is 18.2 Å². The lowest BCUT2D eigenvalue weighted by atomic mass is 10.1. The van der Waals surface area contributed by atoms with E-state index in [4.69, 9.17) is 22.0 Å². The molecule has 0 bridgehead atoms. The second-order valence-corrected chi connectivity index (χ2v) is 5.93. The molecular formula is C12H19N9O5S. The van der Waals surface area contributed by atoms with Crippen LogP contribution in [0.15, 0.2) is 5.16 Å². The Balaban J connectivity index is 0.000000279. The van der Waals surface area contributed by atoms with Crippen LogP contribution < -0.4 is 22.0 Å². The summed E-state index contributed by atoms with van der Waals surface area (Å²) >= 11 is 1.20. The summed E-state index contributed by atoms with van der Waals surface area (Å²) in [6.45, 7) is 0. The van der Waals surface area contributed by atoms with Gasteiger partial charge in [-0.2, -0.15) is 9.50 Å². The van der Waals surface area contributed by atoms with Crippen LogP contribution in [0.25, 0.3) is 5.78 Å². The van der Waals surface area contributed by atoms with Crippen LogP contribution in [-0.2, 0) is 4.79 Å². The molecule has 7 N–H and O–H groups in total. The Bertz CT molecular complexity index is 827. The fourth-order valence-electron chi connectivity index (χ4n) is 1.73. The number of nitrogens with two attached hydrogens (primary N) is 3. The molecule has 0 saturated heterocycles. The standard InChI is InChI=1S/C7H15N3O2.C5H4N6O3S/c8-5(7(11)12)3-1-2-4-6(9)10;1-15-5-6-4-8-7-2(11(13)14)3(12)10(4)9-5/h5H,1-4,8H2,(H3,9,10)(H,11,12);12H,1H3/t5-;/m0./s1. The minimum Gasteiger partial charge on any atom is -0.853 e. The minimum atomic E-state index is -0.959. The molecule has 2 rings (SSSR count). The third-order valence-electron chi connectivity index (χ3n) is 3.09. The number of fused-ring (bicyclic) bond motifs is 1. The monoisotopic (exact) mass is 401 g/mol. The van der Waals surface area contributed by atoms with E-state index in [1.807, 2.05) is 0 Å². The fourth-order valence-corrected chi connectivity index (χ4v) is 2.07. The number of thioether (sulfide) groups is 1. The molecule has 0 unspecified atom stereocenters. The van der Waals surface area contributed by atoms with Crippen LogP contribution >= 0.6 is 11.8 Å². The third kappa shape index (κ3) is 6.63. The number of aliphatic carboxylic acids is 1. The largest absolute Gasteiger partial charge is 0.853 e. The zero-order valence-electron chi connectivity index (χ0n) is 14.3. The van der Waals surface area contributed by atoms with Crippen molar-refractivity contribution in [1.29, 1.82) is 0 Å². The first-order chi connectivity index (χ1) is 12.7. The van der Waals surface area contributed by atoms with E-state index in [1.54, 1.807) is 6.26 Å². The first-order valence-corrected chi connectivity index (χ1v) is 8.73. The quantitative estimate of drug-likeness (QED) is 0.0882. The van der Waals surface area contributed by atoms with E-state index in [0.717, 1.165) is 17.4 Å². The van der Waals surface area contributed by atoms with Crippen molar-refractivity contribution in [1.82, 2.24) is 24.8 Å². The van der Waals surface area contributed by atoms with Gasteiger partial charge in [0, 0.05) is 11.5 Å². The summed E-state index contributed by atoms with van der Waals surface area (Å²) in [7, 11) is 0. The van der Waals surface area contributed by atoms with Crippen LogP contribution in [0, 0.1) is 10.1 Å². The Morgan fingerprint density at radius 3 is 2.63 bits per heavy atom. The Labute approximate surface area is 156 Å². The highest BCUT2D eigenvalue weighted by Crippen LogP contribution is 2.19. The summed E-state index contributed by atoms with van der Waals surface area (Å²) < 4.78 is 0.761. The van der Waals surface area contributed by atoms with Gasteiger partial charge < -0.3 is 26.1 Å². The van der Waals surface area contributed by atoms with Gasteiger partial charge in [-0.05, 0) is 24.0 Å². The number of hydrogen-bond donors (Lipinski definition) is 4. The number of hydrogen-bond acceptors (Lipinski definition) is 10. The first kappa shape index (κ1) is 22.0. The van der Waals surface area contributed by atoms with Crippen LogP contribution in [0.1, 0.15) is 25.7 Å². The minimum absolute atomic E-state index is 0.0463. The molecular weight excluding hydrogens is 382 g/mol. The Kier molecular flexibility index (Phi) is 8.28. The maximum Gasteiger partial charge on any atom is 0.401 e. The molecule has 2 aromatic rings. The van der Waals surface area contributed by atoms with Crippen LogP contribution in [0.2, 0.25) is 0 Å². The zero-order chi connectivity index (χ0) is 20.6. The molecule has 0 amide bonds. The Hall–Kier alpha value is -3.07. The summed E-state index contributed by atoms with van der Waals surface area (Å²) in [6, 6.07) is -0.760. The molecule has 27 heavy (non-hydrogen) atoms. The van der Waals surface area contributed by atoms with Gasteiger partial charge in [-0.15, -0.1) is 5.10 Å². The fraction of sp³-hybridized carbons (Fsp3) is 0.500. The van der Waals surface area contributed by atoms with Crippen LogP contribution in [0.3, 0.4) is 0 Å². The van der Waals surface area contributed by atoms with Crippen LogP contribution in [0.4, 0.5) is 5.82 Å². The van der Waals surface area contributed by atoms with Gasteiger partial charge in [-0.3, -0.25) is 15.9 Å². The lowest BCUT2D eigenvalue weighted by molar-refractivity contribution is -0.405. The number of carbonyl (C=O) groups is 1. The average Bonchev–Trinajstić information content (AvgIpc) is 3.03. The number of carboxylic acids is 1. The molecule has 2 heterocycles. The molecule has 0 radical (unpaired) electrons. The van der Waals surface area contributed by atoms with Crippen molar-refractivity contribution in [3.63, 3.8) is 0 Å². The molecule has 0 aliphatic heterocycles. The molecule has 14 nitrogen and oxygen atoms in total. The molecule has 0 fully saturated rings. The van der Waals surface area contributed by atoms with Gasteiger partial charge in [0.15, 0.2) is 0 Å². The van der Waals surface area contributed by atoms with Crippen molar-refractivity contribution in [3.8, 4) is 5.88 Å². The predicted molar refractivity (Wildman–Crippen MR) is 91.7 cm³/mol. The van der Waals surface area contributed by atoms with Crippen molar-refractivity contribution < 1.29 is 25.3 Å². The molecule has 15 heteroatoms.